The summed E-state index contributed by atoms with van der Waals surface area (Å²) in [5, 5.41) is 4.72. The van der Waals surface area contributed by atoms with Crippen molar-refractivity contribution in [1.29, 1.82) is 0 Å². The Hall–Kier alpha value is -1.39. The zero-order chi connectivity index (χ0) is 12.5. The fraction of sp³-hybridized carbons (Fsp3) is 0.357. The van der Waals surface area contributed by atoms with Gasteiger partial charge in [0.15, 0.2) is 0 Å². The molecule has 0 saturated heterocycles. The molecule has 94 valence electrons. The average molecular weight is 260 g/mol. The van der Waals surface area contributed by atoms with Gasteiger partial charge in [0.25, 0.3) is 0 Å². The van der Waals surface area contributed by atoms with E-state index >= 15 is 0 Å². The summed E-state index contributed by atoms with van der Waals surface area (Å²) in [7, 11) is 1.70. The lowest BCUT2D eigenvalue weighted by atomic mass is 10.00. The van der Waals surface area contributed by atoms with Gasteiger partial charge >= 0.3 is 0 Å². The van der Waals surface area contributed by atoms with E-state index in [1.165, 1.54) is 16.1 Å². The predicted octanol–water partition coefficient (Wildman–Crippen LogP) is 2.70. The fourth-order valence-electron chi connectivity index (χ4n) is 2.41. The lowest BCUT2D eigenvalue weighted by Crippen LogP contribution is -2.29. The first-order valence-electron chi connectivity index (χ1n) is 6.11. The van der Waals surface area contributed by atoms with Gasteiger partial charge in [-0.1, -0.05) is 12.1 Å². The normalized spacial score (nSPS) is 18.4. The maximum atomic E-state index is 5.30. The maximum Gasteiger partial charge on any atom is 0.119 e. The second-order valence-corrected chi connectivity index (χ2v) is 5.69. The second kappa shape index (κ2) is 4.71. The summed E-state index contributed by atoms with van der Waals surface area (Å²) in [6, 6.07) is 8.52. The molecular weight excluding hydrogens is 244 g/mol. The number of nitrogens with one attached hydrogen (secondary N) is 1. The van der Waals surface area contributed by atoms with Gasteiger partial charge in [0.2, 0.25) is 0 Å². The summed E-state index contributed by atoms with van der Waals surface area (Å²) in [4.78, 5) is 5.97. The number of rotatable bonds is 2. The lowest BCUT2D eigenvalue weighted by Gasteiger charge is -2.23. The summed E-state index contributed by atoms with van der Waals surface area (Å²) in [6.07, 6.45) is 1.03. The van der Waals surface area contributed by atoms with Crippen LogP contribution < -0.4 is 10.1 Å². The van der Waals surface area contributed by atoms with E-state index in [2.05, 4.69) is 29.4 Å². The fourth-order valence-corrected chi connectivity index (χ4v) is 3.49. The third-order valence-corrected chi connectivity index (χ3v) is 4.31. The molecule has 0 radical (unpaired) electrons. The van der Waals surface area contributed by atoms with Crippen molar-refractivity contribution < 1.29 is 4.74 Å². The van der Waals surface area contributed by atoms with Crippen LogP contribution in [0.3, 0.4) is 0 Å². The van der Waals surface area contributed by atoms with Gasteiger partial charge in [-0.05, 0) is 24.6 Å². The third kappa shape index (κ3) is 2.02. The first-order chi connectivity index (χ1) is 8.78. The molecule has 3 rings (SSSR count). The highest BCUT2D eigenvalue weighted by atomic mass is 32.1. The minimum atomic E-state index is 0.259. The van der Waals surface area contributed by atoms with Crippen LogP contribution in [0.1, 0.15) is 27.2 Å². The Balaban J connectivity index is 2.02. The topological polar surface area (TPSA) is 34.1 Å². The molecular formula is C14H16N2OS. The highest BCUT2D eigenvalue weighted by Gasteiger charge is 2.24. The lowest BCUT2D eigenvalue weighted by molar-refractivity contribution is 0.413. The molecule has 0 amide bonds. The maximum absolute atomic E-state index is 5.30. The summed E-state index contributed by atoms with van der Waals surface area (Å²) in [5.41, 5.74) is 2.50. The van der Waals surface area contributed by atoms with Crippen molar-refractivity contribution in [3.63, 3.8) is 0 Å². The summed E-state index contributed by atoms with van der Waals surface area (Å²) in [6.45, 7) is 3.06. The van der Waals surface area contributed by atoms with Crippen molar-refractivity contribution in [1.82, 2.24) is 10.3 Å². The number of hydrogen-bond acceptors (Lipinski definition) is 4. The smallest absolute Gasteiger partial charge is 0.119 e. The number of hydrogen-bond donors (Lipinski definition) is 1. The SMILES string of the molecule is COc1cccc(C2NCCc3nc(C)sc32)c1. The zero-order valence-corrected chi connectivity index (χ0v) is 11.4. The van der Waals surface area contributed by atoms with Crippen LogP contribution in [0.25, 0.3) is 0 Å². The molecule has 0 aliphatic carbocycles. The molecule has 1 unspecified atom stereocenters. The number of benzene rings is 1. The minimum absolute atomic E-state index is 0.259. The van der Waals surface area contributed by atoms with Crippen molar-refractivity contribution >= 4 is 11.3 Å². The third-order valence-electron chi connectivity index (χ3n) is 3.23. The molecule has 1 atom stereocenters. The predicted molar refractivity (Wildman–Crippen MR) is 73.4 cm³/mol. The van der Waals surface area contributed by atoms with E-state index in [9.17, 15) is 0 Å². The summed E-state index contributed by atoms with van der Waals surface area (Å²) < 4.78 is 5.30. The van der Waals surface area contributed by atoms with E-state index in [0.29, 0.717) is 0 Å². The first kappa shape index (κ1) is 11.7. The zero-order valence-electron chi connectivity index (χ0n) is 10.6. The van der Waals surface area contributed by atoms with Gasteiger partial charge in [-0.25, -0.2) is 4.98 Å². The minimum Gasteiger partial charge on any atom is -0.497 e. The molecule has 1 aromatic carbocycles. The number of thiazole rings is 1. The number of fused-ring (bicyclic) bond motifs is 1. The Morgan fingerprint density at radius 1 is 1.44 bits per heavy atom. The number of aromatic nitrogens is 1. The quantitative estimate of drug-likeness (QED) is 0.901. The van der Waals surface area contributed by atoms with E-state index in [-0.39, 0.29) is 6.04 Å². The highest BCUT2D eigenvalue weighted by molar-refractivity contribution is 7.11. The standard InChI is InChI=1S/C14H16N2OS/c1-9-16-12-6-7-15-13(14(12)18-9)10-4-3-5-11(8-10)17-2/h3-5,8,13,15H,6-7H2,1-2H3. The van der Waals surface area contributed by atoms with Gasteiger partial charge < -0.3 is 10.1 Å². The van der Waals surface area contributed by atoms with Crippen LogP contribution in [0.4, 0.5) is 0 Å². The van der Waals surface area contributed by atoms with Gasteiger partial charge in [0, 0.05) is 17.8 Å². The molecule has 2 aromatic rings. The first-order valence-corrected chi connectivity index (χ1v) is 6.93. The van der Waals surface area contributed by atoms with Crippen LogP contribution in [0.2, 0.25) is 0 Å². The van der Waals surface area contributed by atoms with Crippen molar-refractivity contribution in [3.8, 4) is 5.75 Å². The Morgan fingerprint density at radius 2 is 2.33 bits per heavy atom. The van der Waals surface area contributed by atoms with E-state index in [4.69, 9.17) is 4.74 Å². The molecule has 0 fully saturated rings. The summed E-state index contributed by atoms with van der Waals surface area (Å²) in [5.74, 6) is 0.905. The molecule has 0 bridgehead atoms. The van der Waals surface area contributed by atoms with Crippen molar-refractivity contribution in [2.75, 3.05) is 13.7 Å². The second-order valence-electron chi connectivity index (χ2n) is 4.46. The molecule has 1 N–H and O–H groups in total. The van der Waals surface area contributed by atoms with E-state index in [1.54, 1.807) is 18.4 Å². The van der Waals surface area contributed by atoms with Crippen molar-refractivity contribution in [3.05, 3.63) is 45.4 Å². The molecule has 18 heavy (non-hydrogen) atoms. The van der Waals surface area contributed by atoms with Crippen LogP contribution in [0, 0.1) is 6.92 Å². The van der Waals surface area contributed by atoms with Gasteiger partial charge in [-0.3, -0.25) is 0 Å². The molecule has 0 saturated carbocycles. The van der Waals surface area contributed by atoms with Gasteiger partial charge in [-0.15, -0.1) is 11.3 Å². The largest absolute Gasteiger partial charge is 0.497 e. The molecule has 3 nitrogen and oxygen atoms in total. The van der Waals surface area contributed by atoms with Crippen molar-refractivity contribution in [2.24, 2.45) is 0 Å². The average Bonchev–Trinajstić information content (AvgIpc) is 2.78. The van der Waals surface area contributed by atoms with Crippen LogP contribution in [-0.4, -0.2) is 18.6 Å². The van der Waals surface area contributed by atoms with Gasteiger partial charge in [-0.2, -0.15) is 0 Å². The van der Waals surface area contributed by atoms with Crippen LogP contribution in [-0.2, 0) is 6.42 Å². The van der Waals surface area contributed by atoms with Crippen molar-refractivity contribution in [2.45, 2.75) is 19.4 Å². The molecule has 1 aliphatic heterocycles. The Kier molecular flexibility index (Phi) is 3.06. The Morgan fingerprint density at radius 3 is 3.17 bits per heavy atom. The number of methoxy groups -OCH3 is 1. The summed E-state index contributed by atoms with van der Waals surface area (Å²) >= 11 is 1.79. The molecule has 0 spiro atoms. The Bertz CT molecular complexity index is 565. The Labute approximate surface area is 111 Å². The van der Waals surface area contributed by atoms with E-state index in [0.717, 1.165) is 23.7 Å². The van der Waals surface area contributed by atoms with Gasteiger partial charge in [0.1, 0.15) is 5.75 Å². The molecule has 2 heterocycles. The van der Waals surface area contributed by atoms with E-state index < -0.39 is 0 Å². The molecule has 4 heteroatoms. The highest BCUT2D eigenvalue weighted by Crippen LogP contribution is 2.34. The monoisotopic (exact) mass is 260 g/mol. The van der Waals surface area contributed by atoms with Crippen LogP contribution >= 0.6 is 11.3 Å². The van der Waals surface area contributed by atoms with Crippen LogP contribution in [0.5, 0.6) is 5.75 Å². The van der Waals surface area contributed by atoms with Gasteiger partial charge in [0.05, 0.1) is 23.9 Å². The number of nitrogens with zero attached hydrogens (tertiary/aromatic N) is 1. The number of aryl methyl sites for hydroxylation is 1. The number of ether oxygens (including phenoxy) is 1. The molecule has 1 aromatic heterocycles. The van der Waals surface area contributed by atoms with Crippen LogP contribution in [0.15, 0.2) is 24.3 Å². The van der Waals surface area contributed by atoms with E-state index in [1.807, 2.05) is 12.1 Å². The molecule has 1 aliphatic rings.